The fourth-order valence-corrected chi connectivity index (χ4v) is 4.44. The topological polar surface area (TPSA) is 109 Å². The van der Waals surface area contributed by atoms with Crippen molar-refractivity contribution in [1.29, 1.82) is 0 Å². The maximum absolute atomic E-state index is 13.0. The highest BCUT2D eigenvalue weighted by Gasteiger charge is 2.20. The molecule has 3 heterocycles. The van der Waals surface area contributed by atoms with Gasteiger partial charge in [-0.1, -0.05) is 42.5 Å². The largest absolute Gasteiger partial charge is 0.383 e. The van der Waals surface area contributed by atoms with Crippen LogP contribution in [0.25, 0.3) is 16.9 Å². The highest BCUT2D eigenvalue weighted by Crippen LogP contribution is 2.31. The van der Waals surface area contributed by atoms with Crippen LogP contribution in [0.3, 0.4) is 0 Å². The van der Waals surface area contributed by atoms with Crippen LogP contribution in [0.4, 0.5) is 16.3 Å². The summed E-state index contributed by atoms with van der Waals surface area (Å²) in [6.45, 7) is 3.65. The third-order valence-corrected chi connectivity index (χ3v) is 6.50. The molecule has 0 aliphatic carbocycles. The minimum atomic E-state index is -0.218. The molecule has 3 N–H and O–H groups in total. The number of amides is 3. The Morgan fingerprint density at radius 1 is 1.00 bits per heavy atom. The fourth-order valence-electron chi connectivity index (χ4n) is 4.44. The van der Waals surface area contributed by atoms with Gasteiger partial charge < -0.3 is 30.3 Å². The molecule has 1 fully saturated rings. The second-order valence-corrected chi connectivity index (χ2v) is 9.12. The number of carbonyl (C=O) groups is 2. The van der Waals surface area contributed by atoms with Gasteiger partial charge in [-0.25, -0.2) is 9.78 Å². The highest BCUT2D eigenvalue weighted by molar-refractivity contribution is 6.01. The molecule has 0 atom stereocenters. The van der Waals surface area contributed by atoms with Gasteiger partial charge in [0.15, 0.2) is 5.65 Å². The summed E-state index contributed by atoms with van der Waals surface area (Å²) in [5.74, 6) is 0.551. The maximum atomic E-state index is 13.0. The van der Waals surface area contributed by atoms with Gasteiger partial charge in [0.05, 0.1) is 25.4 Å². The summed E-state index contributed by atoms with van der Waals surface area (Å²) in [6, 6.07) is 21.1. The van der Waals surface area contributed by atoms with E-state index >= 15 is 0 Å². The first kappa shape index (κ1) is 26.2. The molecule has 202 valence electrons. The van der Waals surface area contributed by atoms with Crippen molar-refractivity contribution in [3.63, 3.8) is 0 Å². The summed E-state index contributed by atoms with van der Waals surface area (Å²) >= 11 is 0. The van der Waals surface area contributed by atoms with Gasteiger partial charge in [0.25, 0.3) is 5.91 Å². The molecule has 2 aromatic heterocycles. The van der Waals surface area contributed by atoms with Crippen LogP contribution in [0.2, 0.25) is 0 Å². The smallest absolute Gasteiger partial charge is 0.321 e. The second kappa shape index (κ2) is 12.4. The number of nitrogens with zero attached hydrogens (tertiary/aromatic N) is 3. The van der Waals surface area contributed by atoms with E-state index in [2.05, 4.69) is 28.1 Å². The molecule has 0 bridgehead atoms. The molecule has 3 amide bonds. The summed E-state index contributed by atoms with van der Waals surface area (Å²) in [5.41, 5.74) is 4.38. The fraction of sp³-hybridized carbons (Fsp3) is 0.276. The Hall–Kier alpha value is -4.41. The first-order valence-corrected chi connectivity index (χ1v) is 12.9. The summed E-state index contributed by atoms with van der Waals surface area (Å²) in [5, 5.41) is 9.35. The van der Waals surface area contributed by atoms with E-state index in [1.54, 1.807) is 18.1 Å². The number of hydrogen-bond acceptors (Lipinski definition) is 6. The molecule has 10 nitrogen and oxygen atoms in total. The van der Waals surface area contributed by atoms with E-state index < -0.39 is 0 Å². The van der Waals surface area contributed by atoms with Crippen LogP contribution in [0.1, 0.15) is 15.9 Å². The monoisotopic (exact) mass is 528 g/mol. The van der Waals surface area contributed by atoms with E-state index in [0.717, 1.165) is 16.9 Å². The van der Waals surface area contributed by atoms with Crippen molar-refractivity contribution in [3.05, 3.63) is 84.1 Å². The molecule has 1 saturated heterocycles. The van der Waals surface area contributed by atoms with Crippen molar-refractivity contribution in [1.82, 2.24) is 19.6 Å². The number of urea groups is 1. The van der Waals surface area contributed by atoms with Gasteiger partial charge in [0.2, 0.25) is 0 Å². The van der Waals surface area contributed by atoms with Crippen molar-refractivity contribution in [3.8, 4) is 11.3 Å². The number of rotatable bonds is 9. The van der Waals surface area contributed by atoms with E-state index in [-0.39, 0.29) is 11.9 Å². The van der Waals surface area contributed by atoms with Crippen LogP contribution < -0.4 is 16.0 Å². The Labute approximate surface area is 226 Å². The summed E-state index contributed by atoms with van der Waals surface area (Å²) < 4.78 is 12.3. The third kappa shape index (κ3) is 6.19. The molecule has 0 saturated carbocycles. The molecular weight excluding hydrogens is 496 g/mol. The zero-order valence-corrected chi connectivity index (χ0v) is 21.9. The number of benzene rings is 2. The maximum Gasteiger partial charge on any atom is 0.321 e. The molecule has 1 aliphatic heterocycles. The minimum Gasteiger partial charge on any atom is -0.383 e. The van der Waals surface area contributed by atoms with Gasteiger partial charge in [-0.3, -0.25) is 9.20 Å². The molecule has 0 unspecified atom stereocenters. The molecule has 4 aromatic rings. The van der Waals surface area contributed by atoms with Crippen molar-refractivity contribution in [2.24, 2.45) is 0 Å². The zero-order valence-electron chi connectivity index (χ0n) is 21.9. The van der Waals surface area contributed by atoms with Gasteiger partial charge in [-0.15, -0.1) is 0 Å². The van der Waals surface area contributed by atoms with Gasteiger partial charge in [0, 0.05) is 50.7 Å². The van der Waals surface area contributed by atoms with Gasteiger partial charge in [0.1, 0.15) is 11.5 Å². The number of fused-ring (bicyclic) bond motifs is 1. The number of carbonyl (C=O) groups excluding carboxylic acids is 2. The van der Waals surface area contributed by atoms with Crippen molar-refractivity contribution < 1.29 is 19.1 Å². The number of anilines is 2. The van der Waals surface area contributed by atoms with Crippen LogP contribution in [-0.2, 0) is 16.0 Å². The first-order chi connectivity index (χ1) is 19.1. The molecule has 1 aliphatic rings. The molecule has 0 radical (unpaired) electrons. The number of methoxy groups -OCH3 is 1. The lowest BCUT2D eigenvalue weighted by molar-refractivity contribution is 0.0564. The van der Waals surface area contributed by atoms with E-state index in [1.807, 2.05) is 59.1 Å². The van der Waals surface area contributed by atoms with Gasteiger partial charge >= 0.3 is 6.03 Å². The minimum absolute atomic E-state index is 0.145. The quantitative estimate of drug-likeness (QED) is 0.285. The standard InChI is InChI=1S/C29H32N6O4/c1-38-17-13-30-28(36)24-8-5-14-35-26(24)33-25(27(35)31-20-21-6-3-2-4-7-21)22-9-11-23(12-10-22)32-29(37)34-15-18-39-19-16-34/h2-12,14,31H,13,15-20H2,1H3,(H,30,36)(H,32,37). The number of nitrogens with one attached hydrogen (secondary N) is 3. The Balaban J connectivity index is 1.45. The lowest BCUT2D eigenvalue weighted by atomic mass is 10.1. The van der Waals surface area contributed by atoms with E-state index in [9.17, 15) is 9.59 Å². The number of imidazole rings is 1. The van der Waals surface area contributed by atoms with Crippen LogP contribution >= 0.6 is 0 Å². The molecular formula is C29H32N6O4. The Bertz CT molecular complexity index is 1420. The highest BCUT2D eigenvalue weighted by atomic mass is 16.5. The van der Waals surface area contributed by atoms with Crippen LogP contribution in [0.15, 0.2) is 72.9 Å². The molecule has 5 rings (SSSR count). The average molecular weight is 529 g/mol. The first-order valence-electron chi connectivity index (χ1n) is 12.9. The van der Waals surface area contributed by atoms with Crippen molar-refractivity contribution >= 4 is 29.1 Å². The lowest BCUT2D eigenvalue weighted by Gasteiger charge is -2.26. The number of pyridine rings is 1. The van der Waals surface area contributed by atoms with Gasteiger partial charge in [-0.05, 0) is 29.8 Å². The lowest BCUT2D eigenvalue weighted by Crippen LogP contribution is -2.43. The molecule has 0 spiro atoms. The van der Waals surface area contributed by atoms with E-state index in [1.165, 1.54) is 0 Å². The third-order valence-electron chi connectivity index (χ3n) is 6.50. The number of ether oxygens (including phenoxy) is 2. The Morgan fingerprint density at radius 3 is 2.51 bits per heavy atom. The zero-order chi connectivity index (χ0) is 27.0. The summed E-state index contributed by atoms with van der Waals surface area (Å²) in [6.07, 6.45) is 1.89. The van der Waals surface area contributed by atoms with Crippen molar-refractivity contribution in [2.75, 3.05) is 57.2 Å². The van der Waals surface area contributed by atoms with Crippen LogP contribution in [-0.4, -0.2) is 72.8 Å². The predicted octanol–water partition coefficient (Wildman–Crippen LogP) is 3.85. The molecule has 10 heteroatoms. The summed E-state index contributed by atoms with van der Waals surface area (Å²) in [7, 11) is 1.60. The van der Waals surface area contributed by atoms with Gasteiger partial charge in [-0.2, -0.15) is 0 Å². The van der Waals surface area contributed by atoms with Crippen molar-refractivity contribution in [2.45, 2.75) is 6.54 Å². The second-order valence-electron chi connectivity index (χ2n) is 9.12. The molecule has 2 aromatic carbocycles. The average Bonchev–Trinajstić information content (AvgIpc) is 3.36. The Morgan fingerprint density at radius 2 is 1.77 bits per heavy atom. The van der Waals surface area contributed by atoms with Crippen LogP contribution in [0, 0.1) is 0 Å². The predicted molar refractivity (Wildman–Crippen MR) is 150 cm³/mol. The van der Waals surface area contributed by atoms with E-state index in [4.69, 9.17) is 14.5 Å². The normalized spacial score (nSPS) is 13.3. The summed E-state index contributed by atoms with van der Waals surface area (Å²) in [4.78, 5) is 32.2. The number of hydrogen-bond donors (Lipinski definition) is 3. The number of aromatic nitrogens is 2. The Kier molecular flexibility index (Phi) is 8.35. The van der Waals surface area contributed by atoms with Crippen LogP contribution in [0.5, 0.6) is 0 Å². The molecule has 39 heavy (non-hydrogen) atoms. The number of morpholine rings is 1. The SMILES string of the molecule is COCCNC(=O)c1cccn2c(NCc3ccccc3)c(-c3ccc(NC(=O)N4CCOCC4)cc3)nc12. The van der Waals surface area contributed by atoms with E-state index in [0.29, 0.717) is 68.6 Å².